The van der Waals surface area contributed by atoms with E-state index in [0.29, 0.717) is 6.42 Å². The number of carbonyl (C=O) groups is 1. The molecule has 0 heterocycles. The van der Waals surface area contributed by atoms with Crippen molar-refractivity contribution in [2.45, 2.75) is 19.4 Å². The average Bonchev–Trinajstić information content (AvgIpc) is 1.84. The fourth-order valence-corrected chi connectivity index (χ4v) is 0.411. The maximum atomic E-state index is 10.3. The number of hydrogen-bond donors (Lipinski definition) is 2. The van der Waals surface area contributed by atoms with Gasteiger partial charge in [0, 0.05) is 5.57 Å². The van der Waals surface area contributed by atoms with E-state index in [1.165, 1.54) is 0 Å². The molecule has 0 aromatic heterocycles. The molecule has 0 radical (unpaired) electrons. The number of aliphatic hydroxyl groups excluding tert-OH is 1. The van der Waals surface area contributed by atoms with Crippen LogP contribution in [0.2, 0.25) is 0 Å². The van der Waals surface area contributed by atoms with Crippen LogP contribution in [0.25, 0.3) is 0 Å². The first-order chi connectivity index (χ1) is 4.09. The Morgan fingerprint density at radius 3 is 2.44 bits per heavy atom. The van der Waals surface area contributed by atoms with Crippen LogP contribution in [0, 0.1) is 0 Å². The Hall–Kier alpha value is -0.830. The van der Waals surface area contributed by atoms with Crippen LogP contribution in [0.4, 0.5) is 0 Å². The first-order valence-corrected chi connectivity index (χ1v) is 2.76. The Balaban J connectivity index is 3.88. The average molecular weight is 129 g/mol. The number of rotatable bonds is 3. The van der Waals surface area contributed by atoms with Gasteiger partial charge in [-0.25, -0.2) is 0 Å². The lowest BCUT2D eigenvalue weighted by molar-refractivity contribution is -0.115. The molecule has 0 bridgehead atoms. The van der Waals surface area contributed by atoms with Crippen LogP contribution < -0.4 is 5.73 Å². The van der Waals surface area contributed by atoms with Gasteiger partial charge in [0.1, 0.15) is 0 Å². The fraction of sp³-hybridized carbons (Fsp3) is 0.500. The number of primary amides is 1. The second-order valence-electron chi connectivity index (χ2n) is 1.81. The number of hydrogen-bond acceptors (Lipinski definition) is 2. The fourth-order valence-electron chi connectivity index (χ4n) is 0.411. The predicted octanol–water partition coefficient (Wildman–Crippen LogP) is -0.201. The monoisotopic (exact) mass is 129 g/mol. The molecule has 0 saturated heterocycles. The van der Waals surface area contributed by atoms with Crippen molar-refractivity contribution in [2.24, 2.45) is 5.73 Å². The summed E-state index contributed by atoms with van der Waals surface area (Å²) in [5.74, 6) is -0.635. The first kappa shape index (κ1) is 8.17. The molecule has 1 amide bonds. The third kappa shape index (κ3) is 2.28. The van der Waals surface area contributed by atoms with Gasteiger partial charge in [0.25, 0.3) is 0 Å². The molecule has 0 aromatic rings. The summed E-state index contributed by atoms with van der Waals surface area (Å²) < 4.78 is 0. The van der Waals surface area contributed by atoms with Crippen molar-refractivity contribution < 1.29 is 9.90 Å². The van der Waals surface area contributed by atoms with Crippen LogP contribution in [0.1, 0.15) is 13.3 Å². The summed E-state index contributed by atoms with van der Waals surface area (Å²) in [5.41, 5.74) is 4.90. The van der Waals surface area contributed by atoms with Gasteiger partial charge in [-0.2, -0.15) is 0 Å². The lowest BCUT2D eigenvalue weighted by Gasteiger charge is -2.05. The molecule has 1 unspecified atom stereocenters. The molecule has 0 aliphatic heterocycles. The molecule has 0 fully saturated rings. The van der Waals surface area contributed by atoms with Crippen molar-refractivity contribution in [1.82, 2.24) is 0 Å². The van der Waals surface area contributed by atoms with E-state index in [-0.39, 0.29) is 5.57 Å². The summed E-state index contributed by atoms with van der Waals surface area (Å²) in [6.45, 7) is 5.05. The zero-order valence-corrected chi connectivity index (χ0v) is 5.42. The molecule has 0 aliphatic carbocycles. The van der Waals surface area contributed by atoms with Gasteiger partial charge in [0.05, 0.1) is 6.10 Å². The number of carbonyl (C=O) groups excluding carboxylic acids is 1. The molecule has 1 atom stereocenters. The Morgan fingerprint density at radius 2 is 2.33 bits per heavy atom. The largest absolute Gasteiger partial charge is 0.388 e. The van der Waals surface area contributed by atoms with Gasteiger partial charge in [0.15, 0.2) is 0 Å². The molecule has 0 saturated carbocycles. The highest BCUT2D eigenvalue weighted by atomic mass is 16.3. The van der Waals surface area contributed by atoms with Crippen LogP contribution in [-0.2, 0) is 4.79 Å². The van der Waals surface area contributed by atoms with Gasteiger partial charge in [-0.15, -0.1) is 0 Å². The van der Waals surface area contributed by atoms with E-state index >= 15 is 0 Å². The zero-order valence-electron chi connectivity index (χ0n) is 5.42. The highest BCUT2D eigenvalue weighted by Crippen LogP contribution is 2.00. The normalized spacial score (nSPS) is 12.7. The van der Waals surface area contributed by atoms with E-state index in [0.717, 1.165) is 0 Å². The summed E-state index contributed by atoms with van der Waals surface area (Å²) in [4.78, 5) is 10.3. The first-order valence-electron chi connectivity index (χ1n) is 2.76. The molecule has 0 aliphatic rings. The predicted molar refractivity (Wildman–Crippen MR) is 34.6 cm³/mol. The summed E-state index contributed by atoms with van der Waals surface area (Å²) in [6, 6.07) is 0. The summed E-state index contributed by atoms with van der Waals surface area (Å²) in [5, 5.41) is 8.90. The van der Waals surface area contributed by atoms with E-state index in [9.17, 15) is 4.79 Å². The molecule has 9 heavy (non-hydrogen) atoms. The highest BCUT2D eigenvalue weighted by molar-refractivity contribution is 5.92. The standard InChI is InChI=1S/C6H11NO2/c1-3-5(8)4(2)6(7)9/h5,8H,2-3H2,1H3,(H2,7,9). The van der Waals surface area contributed by atoms with Crippen LogP contribution >= 0.6 is 0 Å². The van der Waals surface area contributed by atoms with E-state index in [4.69, 9.17) is 10.8 Å². The van der Waals surface area contributed by atoms with Crippen LogP contribution in [0.5, 0.6) is 0 Å². The lowest BCUT2D eigenvalue weighted by atomic mass is 10.1. The van der Waals surface area contributed by atoms with Gasteiger partial charge in [-0.05, 0) is 6.42 Å². The van der Waals surface area contributed by atoms with Crippen LogP contribution in [-0.4, -0.2) is 17.1 Å². The van der Waals surface area contributed by atoms with Crippen molar-refractivity contribution in [3.63, 3.8) is 0 Å². The van der Waals surface area contributed by atoms with Crippen molar-refractivity contribution in [3.05, 3.63) is 12.2 Å². The molecule has 3 heteroatoms. The molecule has 3 N–H and O–H groups in total. The summed E-state index contributed by atoms with van der Waals surface area (Å²) >= 11 is 0. The molecule has 0 rings (SSSR count). The molecular formula is C6H11NO2. The van der Waals surface area contributed by atoms with Gasteiger partial charge in [0.2, 0.25) is 5.91 Å². The Kier molecular flexibility index (Phi) is 2.95. The third-order valence-electron chi connectivity index (χ3n) is 1.11. The van der Waals surface area contributed by atoms with Gasteiger partial charge < -0.3 is 10.8 Å². The van der Waals surface area contributed by atoms with Gasteiger partial charge >= 0.3 is 0 Å². The summed E-state index contributed by atoms with van der Waals surface area (Å²) in [7, 11) is 0. The topological polar surface area (TPSA) is 63.3 Å². The van der Waals surface area contributed by atoms with Crippen molar-refractivity contribution in [2.75, 3.05) is 0 Å². The summed E-state index contributed by atoms with van der Waals surface area (Å²) in [6.07, 6.45) is -0.301. The lowest BCUT2D eigenvalue weighted by Crippen LogP contribution is -2.22. The van der Waals surface area contributed by atoms with Crippen LogP contribution in [0.3, 0.4) is 0 Å². The van der Waals surface area contributed by atoms with Gasteiger partial charge in [-0.3, -0.25) is 4.79 Å². The smallest absolute Gasteiger partial charge is 0.246 e. The van der Waals surface area contributed by atoms with Crippen molar-refractivity contribution in [1.29, 1.82) is 0 Å². The Labute approximate surface area is 54.2 Å². The number of nitrogens with two attached hydrogens (primary N) is 1. The number of amides is 1. The molecule has 0 aromatic carbocycles. The Bertz CT molecular complexity index is 131. The quantitative estimate of drug-likeness (QED) is 0.518. The maximum Gasteiger partial charge on any atom is 0.246 e. The highest BCUT2D eigenvalue weighted by Gasteiger charge is 2.09. The maximum absolute atomic E-state index is 10.3. The molecular weight excluding hydrogens is 118 g/mol. The van der Waals surface area contributed by atoms with E-state index in [1.54, 1.807) is 6.92 Å². The van der Waals surface area contributed by atoms with Crippen molar-refractivity contribution in [3.8, 4) is 0 Å². The third-order valence-corrected chi connectivity index (χ3v) is 1.11. The molecule has 0 spiro atoms. The second-order valence-corrected chi connectivity index (χ2v) is 1.81. The molecule has 52 valence electrons. The number of aliphatic hydroxyl groups is 1. The van der Waals surface area contributed by atoms with E-state index < -0.39 is 12.0 Å². The molecule has 3 nitrogen and oxygen atoms in total. The van der Waals surface area contributed by atoms with E-state index in [2.05, 4.69) is 6.58 Å². The Morgan fingerprint density at radius 1 is 1.89 bits per heavy atom. The SMILES string of the molecule is C=C(C(N)=O)C(O)CC. The van der Waals surface area contributed by atoms with E-state index in [1.807, 2.05) is 0 Å². The minimum Gasteiger partial charge on any atom is -0.388 e. The minimum atomic E-state index is -0.775. The second kappa shape index (κ2) is 3.25. The zero-order chi connectivity index (χ0) is 7.44. The van der Waals surface area contributed by atoms with Crippen LogP contribution in [0.15, 0.2) is 12.2 Å². The minimum absolute atomic E-state index is 0.0810. The van der Waals surface area contributed by atoms with Crippen molar-refractivity contribution >= 4 is 5.91 Å². The van der Waals surface area contributed by atoms with Gasteiger partial charge in [-0.1, -0.05) is 13.5 Å².